The molecule has 2 nitrogen and oxygen atoms in total. The lowest BCUT2D eigenvalue weighted by atomic mass is 9.61. The zero-order valence-electron chi connectivity index (χ0n) is 6.41. The van der Waals surface area contributed by atoms with E-state index < -0.39 is 5.34 Å². The lowest BCUT2D eigenvalue weighted by Crippen LogP contribution is -2.38. The average Bonchev–Trinajstić information content (AvgIpc) is 1.86. The third kappa shape index (κ3) is 2.09. The molecule has 2 N–H and O–H groups in total. The predicted octanol–water partition coefficient (Wildman–Crippen LogP) is -0.204. The topological polar surface area (TPSA) is 38.9 Å². The van der Waals surface area contributed by atoms with E-state index in [1.165, 1.54) is 0 Å². The number of nitrogens with zero attached hydrogens (tertiary/aromatic N) is 1. The van der Waals surface area contributed by atoms with E-state index in [2.05, 4.69) is 4.98 Å². The molecule has 0 aliphatic heterocycles. The Hall–Kier alpha value is -0.760. The third-order valence-corrected chi connectivity index (χ3v) is 1.36. The molecule has 11 heavy (non-hydrogen) atoms. The lowest BCUT2D eigenvalue weighted by Gasteiger charge is -2.18. The summed E-state index contributed by atoms with van der Waals surface area (Å²) in [4.78, 5) is 3.97. The van der Waals surface area contributed by atoms with Gasteiger partial charge in [0.05, 0.1) is 15.7 Å². The van der Waals surface area contributed by atoms with Gasteiger partial charge in [0.25, 0.3) is 0 Å². The van der Waals surface area contributed by atoms with E-state index in [0.717, 1.165) is 5.56 Å². The molecule has 0 saturated heterocycles. The Morgan fingerprint density at radius 2 is 2.09 bits per heavy atom. The van der Waals surface area contributed by atoms with Crippen LogP contribution >= 0.6 is 0 Å². The van der Waals surface area contributed by atoms with Crippen molar-refractivity contribution in [3.8, 4) is 0 Å². The minimum atomic E-state index is -1.33. The first-order chi connectivity index (χ1) is 5.00. The molecular weight excluding hydrogens is 134 g/mol. The van der Waals surface area contributed by atoms with Gasteiger partial charge >= 0.3 is 0 Å². The van der Waals surface area contributed by atoms with Gasteiger partial charge in [0.2, 0.25) is 0 Å². The Kier molecular flexibility index (Phi) is 2.05. The molecule has 1 aromatic heterocycles. The molecule has 0 bridgehead atoms. The van der Waals surface area contributed by atoms with E-state index in [0.29, 0.717) is 5.69 Å². The molecule has 0 amide bonds. The van der Waals surface area contributed by atoms with Crippen LogP contribution in [0.3, 0.4) is 0 Å². The Labute approximate surface area is 69.0 Å². The molecule has 52 valence electrons. The van der Waals surface area contributed by atoms with Crippen molar-refractivity contribution in [2.75, 3.05) is 0 Å². The molecule has 4 heteroatoms. The number of pyridine rings is 1. The summed E-state index contributed by atoms with van der Waals surface area (Å²) in [5.74, 6) is 0. The quantitative estimate of drug-likeness (QED) is 0.551. The summed E-state index contributed by atoms with van der Waals surface area (Å²) < 4.78 is 0. The summed E-state index contributed by atoms with van der Waals surface area (Å²) in [7, 11) is 10.8. The van der Waals surface area contributed by atoms with Gasteiger partial charge in [0.15, 0.2) is 0 Å². The molecular formula is C7H8B2N2. The number of aryl methyl sites for hydroxylation is 1. The molecule has 0 fully saturated rings. The van der Waals surface area contributed by atoms with E-state index in [4.69, 9.17) is 21.4 Å². The third-order valence-electron chi connectivity index (χ3n) is 1.36. The Bertz CT molecular complexity index is 238. The first-order valence-corrected chi connectivity index (χ1v) is 3.30. The van der Waals surface area contributed by atoms with Crippen molar-refractivity contribution in [1.29, 1.82) is 0 Å². The fourth-order valence-electron chi connectivity index (χ4n) is 0.724. The van der Waals surface area contributed by atoms with Crippen molar-refractivity contribution in [2.45, 2.75) is 12.3 Å². The van der Waals surface area contributed by atoms with Gasteiger partial charge in [-0.1, -0.05) is 6.07 Å². The van der Waals surface area contributed by atoms with Crippen molar-refractivity contribution in [2.24, 2.45) is 5.73 Å². The van der Waals surface area contributed by atoms with Gasteiger partial charge in [-0.15, -0.1) is 0 Å². The molecule has 0 spiro atoms. The number of nitrogens with two attached hydrogens (primary N) is 1. The van der Waals surface area contributed by atoms with Gasteiger partial charge in [-0.2, -0.15) is 0 Å². The normalized spacial score (nSPS) is 11.5. The predicted molar refractivity (Wildman–Crippen MR) is 46.3 cm³/mol. The van der Waals surface area contributed by atoms with Crippen LogP contribution in [0.1, 0.15) is 11.3 Å². The largest absolute Gasteiger partial charge is 0.336 e. The monoisotopic (exact) mass is 142 g/mol. The highest BCUT2D eigenvalue weighted by Crippen LogP contribution is 2.07. The van der Waals surface area contributed by atoms with Crippen molar-refractivity contribution in [3.63, 3.8) is 0 Å². The maximum absolute atomic E-state index is 5.40. The van der Waals surface area contributed by atoms with Crippen LogP contribution in [0.15, 0.2) is 18.3 Å². The van der Waals surface area contributed by atoms with Crippen LogP contribution in [0.25, 0.3) is 0 Å². The lowest BCUT2D eigenvalue weighted by molar-refractivity contribution is 0.858. The molecule has 0 atom stereocenters. The van der Waals surface area contributed by atoms with E-state index in [1.54, 1.807) is 12.3 Å². The molecule has 1 rings (SSSR count). The molecule has 0 aromatic carbocycles. The molecule has 1 heterocycles. The Balaban J connectivity index is 2.99. The zero-order chi connectivity index (χ0) is 8.48. The zero-order valence-corrected chi connectivity index (χ0v) is 6.41. The SMILES string of the molecule is [B]C([B])(N)c1ccc(C)cn1. The summed E-state index contributed by atoms with van der Waals surface area (Å²) >= 11 is 0. The molecule has 1 aromatic rings. The van der Waals surface area contributed by atoms with E-state index in [-0.39, 0.29) is 0 Å². The van der Waals surface area contributed by atoms with Crippen LogP contribution in [-0.4, -0.2) is 20.7 Å². The molecule has 0 aliphatic rings. The average molecular weight is 142 g/mol. The van der Waals surface area contributed by atoms with Gasteiger partial charge in [-0.25, -0.2) is 0 Å². The first-order valence-electron chi connectivity index (χ1n) is 3.30. The Morgan fingerprint density at radius 3 is 2.45 bits per heavy atom. The standard InChI is InChI=1S/C7H8B2N2/c1-5-2-3-6(11-4-5)7(8,9)10/h2-4H,10H2,1H3. The van der Waals surface area contributed by atoms with Crippen molar-refractivity contribution in [1.82, 2.24) is 4.98 Å². The van der Waals surface area contributed by atoms with Crippen LogP contribution < -0.4 is 5.73 Å². The van der Waals surface area contributed by atoms with Gasteiger partial charge in [0, 0.05) is 11.9 Å². The van der Waals surface area contributed by atoms with E-state index in [1.807, 2.05) is 13.0 Å². The number of hydrogen-bond acceptors (Lipinski definition) is 2. The maximum atomic E-state index is 5.40. The highest BCUT2D eigenvalue weighted by molar-refractivity contribution is 6.39. The van der Waals surface area contributed by atoms with Gasteiger partial charge < -0.3 is 5.73 Å². The summed E-state index contributed by atoms with van der Waals surface area (Å²) in [5, 5.41) is -1.33. The highest BCUT2D eigenvalue weighted by Gasteiger charge is 2.13. The van der Waals surface area contributed by atoms with Gasteiger partial charge in [-0.05, 0) is 23.9 Å². The number of rotatable bonds is 1. The van der Waals surface area contributed by atoms with Crippen molar-refractivity contribution >= 4 is 15.7 Å². The summed E-state index contributed by atoms with van der Waals surface area (Å²) in [6.07, 6.45) is 1.68. The number of aromatic nitrogens is 1. The molecule has 0 unspecified atom stereocenters. The second-order valence-corrected chi connectivity index (χ2v) is 2.65. The fourth-order valence-corrected chi connectivity index (χ4v) is 0.724. The van der Waals surface area contributed by atoms with Crippen LogP contribution in [0.2, 0.25) is 0 Å². The Morgan fingerprint density at radius 1 is 1.45 bits per heavy atom. The second kappa shape index (κ2) is 2.70. The minimum absolute atomic E-state index is 0.489. The van der Waals surface area contributed by atoms with E-state index in [9.17, 15) is 0 Å². The molecule has 0 aliphatic carbocycles. The molecule has 0 saturated carbocycles. The summed E-state index contributed by atoms with van der Waals surface area (Å²) in [6.45, 7) is 1.93. The molecule has 4 radical (unpaired) electrons. The van der Waals surface area contributed by atoms with Gasteiger partial charge in [-0.3, -0.25) is 4.98 Å². The van der Waals surface area contributed by atoms with Crippen LogP contribution in [0.4, 0.5) is 0 Å². The smallest absolute Gasteiger partial charge is 0.0901 e. The fraction of sp³-hybridized carbons (Fsp3) is 0.286. The van der Waals surface area contributed by atoms with Crippen LogP contribution in [0.5, 0.6) is 0 Å². The summed E-state index contributed by atoms with van der Waals surface area (Å²) in [6, 6.07) is 3.58. The van der Waals surface area contributed by atoms with E-state index >= 15 is 0 Å². The minimum Gasteiger partial charge on any atom is -0.336 e. The summed E-state index contributed by atoms with van der Waals surface area (Å²) in [5.41, 5.74) is 6.94. The van der Waals surface area contributed by atoms with Crippen LogP contribution in [0, 0.1) is 6.92 Å². The second-order valence-electron chi connectivity index (χ2n) is 2.65. The van der Waals surface area contributed by atoms with Crippen molar-refractivity contribution in [3.05, 3.63) is 29.6 Å². The maximum Gasteiger partial charge on any atom is 0.0901 e. The van der Waals surface area contributed by atoms with Gasteiger partial charge in [0.1, 0.15) is 0 Å². The number of hydrogen-bond donors (Lipinski definition) is 1. The van der Waals surface area contributed by atoms with Crippen LogP contribution in [-0.2, 0) is 5.34 Å². The highest BCUT2D eigenvalue weighted by atomic mass is 14.8. The van der Waals surface area contributed by atoms with Crippen molar-refractivity contribution < 1.29 is 0 Å². The first kappa shape index (κ1) is 8.34.